The van der Waals surface area contributed by atoms with Gasteiger partial charge < -0.3 is 10.4 Å². The molecule has 0 spiro atoms. The van der Waals surface area contributed by atoms with Crippen molar-refractivity contribution in [2.75, 3.05) is 5.32 Å². The van der Waals surface area contributed by atoms with Crippen LogP contribution >= 0.6 is 11.3 Å². The minimum atomic E-state index is -1.00. The summed E-state index contributed by atoms with van der Waals surface area (Å²) in [5, 5.41) is 21.4. The van der Waals surface area contributed by atoms with Crippen LogP contribution in [0.4, 0.5) is 5.00 Å². The molecular formula is C17H22N2O3S. The molecule has 1 aromatic heterocycles. The number of rotatable bonds is 4. The smallest absolute Gasteiger partial charge is 0.303 e. The van der Waals surface area contributed by atoms with Crippen molar-refractivity contribution in [2.45, 2.75) is 52.9 Å². The highest BCUT2D eigenvalue weighted by Gasteiger charge is 2.32. The number of carbonyl (C=O) groups is 2. The lowest BCUT2D eigenvalue weighted by molar-refractivity contribution is -0.138. The van der Waals surface area contributed by atoms with Crippen LogP contribution in [-0.2, 0) is 22.4 Å². The van der Waals surface area contributed by atoms with Gasteiger partial charge in [0.15, 0.2) is 0 Å². The second kappa shape index (κ2) is 6.71. The summed E-state index contributed by atoms with van der Waals surface area (Å²) in [4.78, 5) is 23.6. The molecule has 124 valence electrons. The Balaban J connectivity index is 2.18. The molecule has 0 unspecified atom stereocenters. The molecule has 1 aliphatic carbocycles. The Morgan fingerprint density at radius 3 is 2.65 bits per heavy atom. The van der Waals surface area contributed by atoms with Crippen molar-refractivity contribution in [1.82, 2.24) is 0 Å². The molecule has 0 fully saturated rings. The Morgan fingerprint density at radius 1 is 1.39 bits per heavy atom. The molecule has 0 aromatic carbocycles. The van der Waals surface area contributed by atoms with E-state index in [1.54, 1.807) is 0 Å². The van der Waals surface area contributed by atoms with Gasteiger partial charge in [0, 0.05) is 11.3 Å². The van der Waals surface area contributed by atoms with E-state index in [9.17, 15) is 14.9 Å². The van der Waals surface area contributed by atoms with Gasteiger partial charge in [0.2, 0.25) is 5.91 Å². The Hall–Kier alpha value is -1.87. The summed E-state index contributed by atoms with van der Waals surface area (Å²) in [5.74, 6) is -0.787. The number of aliphatic carboxylic acids is 1. The minimum absolute atomic E-state index is 0.0760. The fraction of sp³-hybridized carbons (Fsp3) is 0.588. The number of thiophene rings is 1. The first-order chi connectivity index (χ1) is 10.7. The third kappa shape index (κ3) is 4.11. The third-order valence-corrected chi connectivity index (χ3v) is 5.59. The first kappa shape index (κ1) is 17.5. The van der Waals surface area contributed by atoms with E-state index in [-0.39, 0.29) is 24.2 Å². The van der Waals surface area contributed by atoms with Crippen LogP contribution in [-0.4, -0.2) is 17.0 Å². The van der Waals surface area contributed by atoms with E-state index in [1.165, 1.54) is 16.2 Å². The zero-order valence-electron chi connectivity index (χ0n) is 13.7. The highest BCUT2D eigenvalue weighted by atomic mass is 32.1. The molecular weight excluding hydrogens is 312 g/mol. The monoisotopic (exact) mass is 334 g/mol. The number of carbonyl (C=O) groups excluding carboxylic acids is 1. The average molecular weight is 334 g/mol. The van der Waals surface area contributed by atoms with Gasteiger partial charge in [-0.2, -0.15) is 5.26 Å². The summed E-state index contributed by atoms with van der Waals surface area (Å²) in [6.07, 6.45) is 2.57. The molecule has 1 amide bonds. The van der Waals surface area contributed by atoms with Crippen LogP contribution in [0.5, 0.6) is 0 Å². The van der Waals surface area contributed by atoms with E-state index in [4.69, 9.17) is 5.11 Å². The number of amides is 1. The number of hydrogen-bond donors (Lipinski definition) is 2. The predicted molar refractivity (Wildman–Crippen MR) is 89.5 cm³/mol. The number of carboxylic acids is 1. The highest BCUT2D eigenvalue weighted by molar-refractivity contribution is 7.16. The van der Waals surface area contributed by atoms with Crippen LogP contribution in [0.2, 0.25) is 0 Å². The number of nitrogens with one attached hydrogen (secondary N) is 1. The van der Waals surface area contributed by atoms with Crippen molar-refractivity contribution in [2.24, 2.45) is 11.3 Å². The van der Waals surface area contributed by atoms with E-state index < -0.39 is 5.97 Å². The average Bonchev–Trinajstić information content (AvgIpc) is 2.80. The summed E-state index contributed by atoms with van der Waals surface area (Å²) in [7, 11) is 0. The fourth-order valence-electron chi connectivity index (χ4n) is 2.94. The first-order valence-corrected chi connectivity index (χ1v) is 8.60. The SMILES string of the molecule is CC(C)(C)[C@@H]1CCc2c(sc(NC(=O)CCC(=O)O)c2C#N)C1. The Morgan fingerprint density at radius 2 is 2.09 bits per heavy atom. The van der Waals surface area contributed by atoms with E-state index in [1.807, 2.05) is 0 Å². The molecule has 2 N–H and O–H groups in total. The molecule has 1 heterocycles. The van der Waals surface area contributed by atoms with Crippen molar-refractivity contribution in [3.63, 3.8) is 0 Å². The molecule has 2 rings (SSSR count). The molecule has 1 atom stereocenters. The maximum atomic E-state index is 11.8. The lowest BCUT2D eigenvalue weighted by Crippen LogP contribution is -2.26. The topological polar surface area (TPSA) is 90.2 Å². The maximum Gasteiger partial charge on any atom is 0.303 e. The standard InChI is InChI=1S/C17H22N2O3S/c1-17(2,3)10-4-5-11-12(9-18)16(23-13(11)8-10)19-14(20)6-7-15(21)22/h10H,4-8H2,1-3H3,(H,19,20)(H,21,22)/t10-/m1/s1. The van der Waals surface area contributed by atoms with E-state index in [0.717, 1.165) is 24.8 Å². The molecule has 1 aliphatic rings. The lowest BCUT2D eigenvalue weighted by atomic mass is 9.72. The molecule has 0 saturated carbocycles. The second-order valence-corrected chi connectivity index (χ2v) is 8.17. The quantitative estimate of drug-likeness (QED) is 0.880. The van der Waals surface area contributed by atoms with Gasteiger partial charge in [-0.05, 0) is 36.2 Å². The zero-order valence-corrected chi connectivity index (χ0v) is 14.5. The van der Waals surface area contributed by atoms with Gasteiger partial charge in [0.05, 0.1) is 12.0 Å². The van der Waals surface area contributed by atoms with E-state index >= 15 is 0 Å². The zero-order chi connectivity index (χ0) is 17.2. The van der Waals surface area contributed by atoms with Crippen LogP contribution in [0.1, 0.15) is 56.0 Å². The second-order valence-electron chi connectivity index (χ2n) is 7.07. The van der Waals surface area contributed by atoms with Crippen LogP contribution in [0, 0.1) is 22.7 Å². The van der Waals surface area contributed by atoms with Crippen molar-refractivity contribution in [1.29, 1.82) is 5.26 Å². The normalized spacial score (nSPS) is 17.2. The van der Waals surface area contributed by atoms with Crippen molar-refractivity contribution in [3.8, 4) is 6.07 Å². The molecule has 23 heavy (non-hydrogen) atoms. The van der Waals surface area contributed by atoms with Crippen LogP contribution in [0.15, 0.2) is 0 Å². The van der Waals surface area contributed by atoms with Crippen molar-refractivity contribution < 1.29 is 14.7 Å². The Labute approximate surface area is 140 Å². The Bertz CT molecular complexity index is 665. The number of hydrogen-bond acceptors (Lipinski definition) is 4. The lowest BCUT2D eigenvalue weighted by Gasteiger charge is -2.33. The molecule has 6 heteroatoms. The van der Waals surface area contributed by atoms with Gasteiger partial charge in [0.25, 0.3) is 0 Å². The molecule has 0 aliphatic heterocycles. The number of nitrogens with zero attached hydrogens (tertiary/aromatic N) is 1. The van der Waals surface area contributed by atoms with Gasteiger partial charge in [-0.15, -0.1) is 11.3 Å². The molecule has 1 aromatic rings. The molecule has 0 saturated heterocycles. The fourth-order valence-corrected chi connectivity index (χ4v) is 4.24. The number of fused-ring (bicyclic) bond motifs is 1. The van der Waals surface area contributed by atoms with Gasteiger partial charge in [-0.1, -0.05) is 20.8 Å². The number of anilines is 1. The summed E-state index contributed by atoms with van der Waals surface area (Å²) in [5.41, 5.74) is 1.84. The predicted octanol–water partition coefficient (Wildman–Crippen LogP) is 3.57. The first-order valence-electron chi connectivity index (χ1n) is 7.78. The molecule has 5 nitrogen and oxygen atoms in total. The van der Waals surface area contributed by atoms with Gasteiger partial charge >= 0.3 is 5.97 Å². The van der Waals surface area contributed by atoms with Crippen LogP contribution < -0.4 is 5.32 Å². The molecule has 0 radical (unpaired) electrons. The summed E-state index contributed by atoms with van der Waals surface area (Å²) < 4.78 is 0. The number of carboxylic acid groups (broad SMARTS) is 1. The van der Waals surface area contributed by atoms with Gasteiger partial charge in [-0.3, -0.25) is 9.59 Å². The van der Waals surface area contributed by atoms with Crippen molar-refractivity contribution >= 4 is 28.2 Å². The largest absolute Gasteiger partial charge is 0.481 e. The van der Waals surface area contributed by atoms with Crippen LogP contribution in [0.25, 0.3) is 0 Å². The van der Waals surface area contributed by atoms with Crippen LogP contribution in [0.3, 0.4) is 0 Å². The summed E-state index contributed by atoms with van der Waals surface area (Å²) in [6.45, 7) is 6.70. The van der Waals surface area contributed by atoms with E-state index in [0.29, 0.717) is 16.5 Å². The highest BCUT2D eigenvalue weighted by Crippen LogP contribution is 2.43. The van der Waals surface area contributed by atoms with Gasteiger partial charge in [-0.25, -0.2) is 0 Å². The van der Waals surface area contributed by atoms with E-state index in [2.05, 4.69) is 32.2 Å². The van der Waals surface area contributed by atoms with Gasteiger partial charge in [0.1, 0.15) is 11.1 Å². The maximum absolute atomic E-state index is 11.8. The Kier molecular flexibility index (Phi) is 5.10. The minimum Gasteiger partial charge on any atom is -0.481 e. The third-order valence-electron chi connectivity index (χ3n) is 4.42. The summed E-state index contributed by atoms with van der Waals surface area (Å²) >= 11 is 1.47. The van der Waals surface area contributed by atoms with Crippen molar-refractivity contribution in [3.05, 3.63) is 16.0 Å². The molecule has 0 bridgehead atoms. The number of nitriles is 1. The summed E-state index contributed by atoms with van der Waals surface area (Å²) in [6, 6.07) is 2.21.